The Hall–Kier alpha value is -3.35. The topological polar surface area (TPSA) is 87.0 Å². The maximum atomic E-state index is 12.7. The third-order valence-electron chi connectivity index (χ3n) is 4.48. The molecule has 0 radical (unpaired) electrons. The predicted molar refractivity (Wildman–Crippen MR) is 99.0 cm³/mol. The van der Waals surface area contributed by atoms with Crippen molar-refractivity contribution >= 4 is 11.8 Å². The molecular weight excluding hydrogens is 344 g/mol. The van der Waals surface area contributed by atoms with E-state index >= 15 is 0 Å². The molecule has 0 fully saturated rings. The van der Waals surface area contributed by atoms with Crippen molar-refractivity contribution in [1.29, 1.82) is 0 Å². The first-order valence-electron chi connectivity index (χ1n) is 8.53. The Balaban J connectivity index is 1.72. The molecule has 3 aromatic rings. The molecule has 0 aliphatic rings. The Kier molecular flexibility index (Phi) is 5.12. The van der Waals surface area contributed by atoms with E-state index in [1.807, 2.05) is 32.9 Å². The predicted octanol–water partition coefficient (Wildman–Crippen LogP) is 3.02. The lowest BCUT2D eigenvalue weighted by Crippen LogP contribution is -2.25. The summed E-state index contributed by atoms with van der Waals surface area (Å²) in [5, 5.41) is 10.9. The normalized spacial score (nSPS) is 11.9. The molecule has 0 N–H and O–H groups in total. The number of benzene rings is 2. The van der Waals surface area contributed by atoms with Crippen molar-refractivity contribution in [3.8, 4) is 5.69 Å². The van der Waals surface area contributed by atoms with Gasteiger partial charge in [-0.1, -0.05) is 6.07 Å². The van der Waals surface area contributed by atoms with Crippen molar-refractivity contribution < 1.29 is 14.3 Å². The fourth-order valence-electron chi connectivity index (χ4n) is 2.76. The zero-order valence-electron chi connectivity index (χ0n) is 15.6. The summed E-state index contributed by atoms with van der Waals surface area (Å²) in [6, 6.07) is 10.4. The number of carbonyl (C=O) groups excluding carboxylic acids is 2. The van der Waals surface area contributed by atoms with Crippen LogP contribution in [-0.4, -0.2) is 38.1 Å². The number of Topliss-reactive ketones (excluding diaryl/α,β-unsaturated/α-hetero) is 1. The Morgan fingerprint density at radius 1 is 1.00 bits per heavy atom. The Labute approximate surface area is 157 Å². The van der Waals surface area contributed by atoms with Gasteiger partial charge in [-0.25, -0.2) is 9.48 Å². The highest BCUT2D eigenvalue weighted by atomic mass is 16.5. The Morgan fingerprint density at radius 3 is 2.30 bits per heavy atom. The number of tetrazole rings is 1. The number of hydrogen-bond donors (Lipinski definition) is 0. The molecule has 0 spiro atoms. The lowest BCUT2D eigenvalue weighted by molar-refractivity contribution is 0.0318. The van der Waals surface area contributed by atoms with Gasteiger partial charge in [0.2, 0.25) is 5.78 Å². The molecule has 0 unspecified atom stereocenters. The van der Waals surface area contributed by atoms with E-state index in [2.05, 4.69) is 15.5 Å². The fraction of sp³-hybridized carbons (Fsp3) is 0.250. The number of hydrogen-bond acceptors (Lipinski definition) is 6. The van der Waals surface area contributed by atoms with Crippen LogP contribution in [0.2, 0.25) is 0 Å². The molecule has 0 bridgehead atoms. The molecule has 7 nitrogen and oxygen atoms in total. The minimum atomic E-state index is -0.877. The molecule has 0 aliphatic carbocycles. The maximum absolute atomic E-state index is 12.7. The van der Waals surface area contributed by atoms with Crippen molar-refractivity contribution in [3.05, 3.63) is 70.5 Å². The van der Waals surface area contributed by atoms with Gasteiger partial charge in [-0.3, -0.25) is 4.79 Å². The van der Waals surface area contributed by atoms with Gasteiger partial charge in [0.15, 0.2) is 6.10 Å². The maximum Gasteiger partial charge on any atom is 0.338 e. The van der Waals surface area contributed by atoms with Gasteiger partial charge in [-0.15, -0.1) is 5.10 Å². The number of esters is 1. The molecule has 138 valence electrons. The van der Waals surface area contributed by atoms with Crippen LogP contribution >= 0.6 is 0 Å². The first-order valence-corrected chi connectivity index (χ1v) is 8.53. The number of ketones is 1. The lowest BCUT2D eigenvalue weighted by atomic mass is 9.96. The van der Waals surface area contributed by atoms with Crippen LogP contribution in [0.4, 0.5) is 0 Å². The van der Waals surface area contributed by atoms with Crippen LogP contribution < -0.4 is 0 Å². The van der Waals surface area contributed by atoms with Gasteiger partial charge in [-0.2, -0.15) is 0 Å². The van der Waals surface area contributed by atoms with Crippen molar-refractivity contribution in [2.24, 2.45) is 0 Å². The third-order valence-corrected chi connectivity index (χ3v) is 4.48. The number of aromatic nitrogens is 4. The second kappa shape index (κ2) is 7.49. The number of aryl methyl sites for hydroxylation is 3. The molecular formula is C20H20N4O3. The molecule has 1 atom stereocenters. The third kappa shape index (κ3) is 3.92. The molecule has 7 heteroatoms. The first-order chi connectivity index (χ1) is 12.9. The SMILES string of the molecule is Cc1cc(C)c(C(=O)[C@H](C)OC(=O)c2ccc(-n3cnnn3)cc2)cc1C. The smallest absolute Gasteiger partial charge is 0.338 e. The number of ether oxygens (including phenoxy) is 1. The van der Waals surface area contributed by atoms with E-state index in [4.69, 9.17) is 4.74 Å². The molecule has 1 aromatic heterocycles. The van der Waals surface area contributed by atoms with Gasteiger partial charge in [0.05, 0.1) is 11.3 Å². The zero-order chi connectivity index (χ0) is 19.6. The lowest BCUT2D eigenvalue weighted by Gasteiger charge is -2.15. The van der Waals surface area contributed by atoms with Crippen LogP contribution in [0.1, 0.15) is 44.3 Å². The summed E-state index contributed by atoms with van der Waals surface area (Å²) in [5.41, 5.74) is 4.66. The average molecular weight is 364 g/mol. The van der Waals surface area contributed by atoms with Crippen LogP contribution in [0.15, 0.2) is 42.7 Å². The van der Waals surface area contributed by atoms with E-state index < -0.39 is 12.1 Å². The van der Waals surface area contributed by atoms with E-state index in [1.54, 1.807) is 31.2 Å². The summed E-state index contributed by atoms with van der Waals surface area (Å²) in [5.74, 6) is -0.769. The number of rotatable bonds is 5. The molecule has 0 saturated carbocycles. The van der Waals surface area contributed by atoms with Crippen molar-refractivity contribution in [2.75, 3.05) is 0 Å². The summed E-state index contributed by atoms with van der Waals surface area (Å²) >= 11 is 0. The molecule has 0 aliphatic heterocycles. The fourth-order valence-corrected chi connectivity index (χ4v) is 2.76. The summed E-state index contributed by atoms with van der Waals surface area (Å²) in [4.78, 5) is 25.1. The van der Waals surface area contributed by atoms with Crippen molar-refractivity contribution in [1.82, 2.24) is 20.2 Å². The molecule has 1 heterocycles. The molecule has 27 heavy (non-hydrogen) atoms. The minimum Gasteiger partial charge on any atom is -0.451 e. The van der Waals surface area contributed by atoms with Gasteiger partial charge in [0, 0.05) is 5.56 Å². The summed E-state index contributed by atoms with van der Waals surface area (Å²) in [6.45, 7) is 7.42. The molecule has 3 rings (SSSR count). The van der Waals surface area contributed by atoms with E-state index in [0.717, 1.165) is 16.7 Å². The summed E-state index contributed by atoms with van der Waals surface area (Å²) in [7, 11) is 0. The van der Waals surface area contributed by atoms with E-state index in [0.29, 0.717) is 16.8 Å². The van der Waals surface area contributed by atoms with Gasteiger partial charge in [0.25, 0.3) is 0 Å². The molecule has 0 amide bonds. The Morgan fingerprint density at radius 2 is 1.67 bits per heavy atom. The van der Waals surface area contributed by atoms with Gasteiger partial charge in [-0.05, 0) is 85.1 Å². The van der Waals surface area contributed by atoms with Gasteiger partial charge < -0.3 is 4.74 Å². The van der Waals surface area contributed by atoms with E-state index in [1.165, 1.54) is 11.0 Å². The average Bonchev–Trinajstić information content (AvgIpc) is 3.19. The van der Waals surface area contributed by atoms with Gasteiger partial charge in [0.1, 0.15) is 6.33 Å². The zero-order valence-corrected chi connectivity index (χ0v) is 15.6. The molecule has 0 saturated heterocycles. The number of nitrogens with zero attached hydrogens (tertiary/aromatic N) is 4. The first kappa shape index (κ1) is 18.4. The van der Waals surface area contributed by atoms with E-state index in [-0.39, 0.29) is 5.78 Å². The standard InChI is InChI=1S/C20H20N4O3/c1-12-9-14(3)18(10-13(12)2)19(25)15(4)27-20(26)16-5-7-17(8-6-16)24-11-21-22-23-24/h5-11,15H,1-4H3/t15-/m0/s1. The van der Waals surface area contributed by atoms with Crippen LogP contribution in [0.25, 0.3) is 5.69 Å². The minimum absolute atomic E-state index is 0.214. The highest BCUT2D eigenvalue weighted by molar-refractivity contribution is 6.02. The van der Waals surface area contributed by atoms with Crippen molar-refractivity contribution in [2.45, 2.75) is 33.8 Å². The monoisotopic (exact) mass is 364 g/mol. The quantitative estimate of drug-likeness (QED) is 0.511. The largest absolute Gasteiger partial charge is 0.451 e. The summed E-state index contributed by atoms with van der Waals surface area (Å²) < 4.78 is 6.85. The van der Waals surface area contributed by atoms with Crippen LogP contribution in [0, 0.1) is 20.8 Å². The summed E-state index contributed by atoms with van der Waals surface area (Å²) in [6.07, 6.45) is 0.581. The van der Waals surface area contributed by atoms with Crippen LogP contribution in [0.5, 0.6) is 0 Å². The number of carbonyl (C=O) groups is 2. The van der Waals surface area contributed by atoms with Crippen LogP contribution in [0.3, 0.4) is 0 Å². The highest BCUT2D eigenvalue weighted by Gasteiger charge is 2.22. The van der Waals surface area contributed by atoms with Gasteiger partial charge >= 0.3 is 5.97 Å². The van der Waals surface area contributed by atoms with Crippen molar-refractivity contribution in [3.63, 3.8) is 0 Å². The van der Waals surface area contributed by atoms with Crippen LogP contribution in [-0.2, 0) is 4.74 Å². The highest BCUT2D eigenvalue weighted by Crippen LogP contribution is 2.18. The molecule has 2 aromatic carbocycles. The second-order valence-corrected chi connectivity index (χ2v) is 6.46. The van der Waals surface area contributed by atoms with E-state index in [9.17, 15) is 9.59 Å². The Bertz CT molecular complexity index is 979. The second-order valence-electron chi connectivity index (χ2n) is 6.46.